The number of phenolic OH excluding ortho intramolecular Hbond substituents is 1. The molecule has 0 radical (unpaired) electrons. The summed E-state index contributed by atoms with van der Waals surface area (Å²) in [5, 5.41) is 13.2. The average molecular weight is 363 g/mol. The first-order chi connectivity index (χ1) is 13.3. The van der Waals surface area contributed by atoms with Crippen molar-refractivity contribution >= 4 is 11.6 Å². The highest BCUT2D eigenvalue weighted by molar-refractivity contribution is 5.63. The number of ether oxygens (including phenoxy) is 1. The lowest BCUT2D eigenvalue weighted by atomic mass is 10.2. The van der Waals surface area contributed by atoms with Gasteiger partial charge in [0.15, 0.2) is 5.82 Å². The number of phenols is 1. The third-order valence-corrected chi connectivity index (χ3v) is 4.38. The van der Waals surface area contributed by atoms with Crippen LogP contribution < -0.4 is 10.2 Å². The van der Waals surface area contributed by atoms with Gasteiger partial charge < -0.3 is 20.1 Å². The van der Waals surface area contributed by atoms with Crippen molar-refractivity contribution in [1.29, 1.82) is 0 Å². The molecule has 138 valence electrons. The number of morpholine rings is 1. The van der Waals surface area contributed by atoms with Gasteiger partial charge in [-0.05, 0) is 29.8 Å². The van der Waals surface area contributed by atoms with Gasteiger partial charge in [0.2, 0.25) is 0 Å². The molecule has 0 atom stereocenters. The molecule has 7 nitrogen and oxygen atoms in total. The fourth-order valence-corrected chi connectivity index (χ4v) is 2.95. The molecule has 0 aliphatic carbocycles. The van der Waals surface area contributed by atoms with Crippen LogP contribution in [0, 0.1) is 0 Å². The van der Waals surface area contributed by atoms with Gasteiger partial charge in [-0.2, -0.15) is 0 Å². The van der Waals surface area contributed by atoms with Crippen LogP contribution in [0.4, 0.5) is 11.6 Å². The Morgan fingerprint density at radius 2 is 1.85 bits per heavy atom. The van der Waals surface area contributed by atoms with Crippen LogP contribution in [-0.4, -0.2) is 46.4 Å². The smallest absolute Gasteiger partial charge is 0.163 e. The first kappa shape index (κ1) is 17.2. The zero-order valence-corrected chi connectivity index (χ0v) is 14.9. The van der Waals surface area contributed by atoms with Crippen molar-refractivity contribution in [3.05, 3.63) is 60.4 Å². The number of nitrogens with one attached hydrogen (secondary N) is 1. The number of aromatic nitrogens is 3. The molecule has 2 aromatic heterocycles. The number of rotatable bonds is 5. The molecule has 2 N–H and O–H groups in total. The number of benzene rings is 1. The van der Waals surface area contributed by atoms with Gasteiger partial charge in [0, 0.05) is 43.7 Å². The monoisotopic (exact) mass is 363 g/mol. The Labute approximate surface area is 157 Å². The van der Waals surface area contributed by atoms with Crippen LogP contribution in [0.5, 0.6) is 5.75 Å². The van der Waals surface area contributed by atoms with Crippen molar-refractivity contribution in [3.63, 3.8) is 0 Å². The summed E-state index contributed by atoms with van der Waals surface area (Å²) in [5.74, 6) is 2.36. The van der Waals surface area contributed by atoms with Crippen molar-refractivity contribution in [3.8, 4) is 17.1 Å². The Morgan fingerprint density at radius 1 is 1.04 bits per heavy atom. The van der Waals surface area contributed by atoms with Crippen molar-refractivity contribution < 1.29 is 9.84 Å². The SMILES string of the molecule is Oc1cccc(-c2nc(NCc3ccncc3)cc(N3CCOCC3)n2)c1. The number of aromatic hydroxyl groups is 1. The fourth-order valence-electron chi connectivity index (χ4n) is 2.95. The molecule has 0 saturated carbocycles. The maximum atomic E-state index is 9.81. The lowest BCUT2D eigenvalue weighted by Gasteiger charge is -2.28. The maximum Gasteiger partial charge on any atom is 0.163 e. The highest BCUT2D eigenvalue weighted by Gasteiger charge is 2.16. The lowest BCUT2D eigenvalue weighted by Crippen LogP contribution is -2.36. The van der Waals surface area contributed by atoms with Gasteiger partial charge in [-0.15, -0.1) is 0 Å². The summed E-state index contributed by atoms with van der Waals surface area (Å²) in [6, 6.07) is 12.9. The fraction of sp³-hybridized carbons (Fsp3) is 0.250. The molecule has 0 unspecified atom stereocenters. The van der Waals surface area contributed by atoms with E-state index in [0.29, 0.717) is 25.6 Å². The molecule has 1 fully saturated rings. The van der Waals surface area contributed by atoms with Crippen LogP contribution in [0.2, 0.25) is 0 Å². The summed E-state index contributed by atoms with van der Waals surface area (Å²) in [6.45, 7) is 3.60. The van der Waals surface area contributed by atoms with E-state index < -0.39 is 0 Å². The molecule has 3 heterocycles. The normalized spacial score (nSPS) is 14.1. The van der Waals surface area contributed by atoms with Crippen molar-refractivity contribution in [2.75, 3.05) is 36.5 Å². The highest BCUT2D eigenvalue weighted by Crippen LogP contribution is 2.25. The Hall–Kier alpha value is -3.19. The molecule has 1 aliphatic heterocycles. The van der Waals surface area contributed by atoms with Crippen molar-refractivity contribution in [2.24, 2.45) is 0 Å². The Morgan fingerprint density at radius 3 is 2.63 bits per heavy atom. The van der Waals surface area contributed by atoms with E-state index >= 15 is 0 Å². The largest absolute Gasteiger partial charge is 0.508 e. The second-order valence-electron chi connectivity index (χ2n) is 6.29. The van der Waals surface area contributed by atoms with Crippen LogP contribution >= 0.6 is 0 Å². The number of nitrogens with zero attached hydrogens (tertiary/aromatic N) is 4. The zero-order valence-electron chi connectivity index (χ0n) is 14.9. The summed E-state index contributed by atoms with van der Waals surface area (Å²) in [6.07, 6.45) is 3.54. The van der Waals surface area contributed by atoms with Gasteiger partial charge in [0.25, 0.3) is 0 Å². The number of pyridine rings is 1. The molecule has 27 heavy (non-hydrogen) atoms. The van der Waals surface area contributed by atoms with Crippen LogP contribution in [0.3, 0.4) is 0 Å². The minimum absolute atomic E-state index is 0.194. The molecule has 3 aromatic rings. The van der Waals surface area contributed by atoms with Crippen LogP contribution in [0.1, 0.15) is 5.56 Å². The van der Waals surface area contributed by atoms with E-state index in [0.717, 1.165) is 35.9 Å². The third kappa shape index (κ3) is 4.32. The minimum Gasteiger partial charge on any atom is -0.508 e. The van der Waals surface area contributed by atoms with Gasteiger partial charge in [0.05, 0.1) is 13.2 Å². The molecule has 1 aromatic carbocycles. The van der Waals surface area contributed by atoms with Gasteiger partial charge in [-0.3, -0.25) is 4.98 Å². The van der Waals surface area contributed by atoms with E-state index in [1.165, 1.54) is 0 Å². The number of hydrogen-bond donors (Lipinski definition) is 2. The van der Waals surface area contributed by atoms with E-state index in [2.05, 4.69) is 20.2 Å². The molecule has 0 amide bonds. The summed E-state index contributed by atoms with van der Waals surface area (Å²) in [4.78, 5) is 15.6. The minimum atomic E-state index is 0.194. The Bertz CT molecular complexity index is 898. The van der Waals surface area contributed by atoms with Crippen LogP contribution in [0.15, 0.2) is 54.9 Å². The molecule has 1 aliphatic rings. The number of anilines is 2. The van der Waals surface area contributed by atoms with Gasteiger partial charge in [-0.1, -0.05) is 12.1 Å². The molecule has 0 spiro atoms. The first-order valence-corrected chi connectivity index (χ1v) is 8.92. The molecular formula is C20H21N5O2. The molecule has 7 heteroatoms. The topological polar surface area (TPSA) is 83.4 Å². The summed E-state index contributed by atoms with van der Waals surface area (Å²) < 4.78 is 5.45. The predicted molar refractivity (Wildman–Crippen MR) is 104 cm³/mol. The second kappa shape index (κ2) is 8.01. The molecule has 4 rings (SSSR count). The predicted octanol–water partition coefficient (Wildman–Crippen LogP) is 2.69. The van der Waals surface area contributed by atoms with E-state index in [4.69, 9.17) is 9.72 Å². The molecule has 1 saturated heterocycles. The zero-order chi connectivity index (χ0) is 18.5. The third-order valence-electron chi connectivity index (χ3n) is 4.38. The van der Waals surface area contributed by atoms with E-state index in [-0.39, 0.29) is 5.75 Å². The standard InChI is InChI=1S/C20H21N5O2/c26-17-3-1-2-16(12-17)20-23-18(22-14-15-4-6-21-7-5-15)13-19(24-20)25-8-10-27-11-9-25/h1-7,12-13,26H,8-11,14H2,(H,22,23,24). The van der Waals surface area contributed by atoms with Crippen LogP contribution in [-0.2, 0) is 11.3 Å². The van der Waals surface area contributed by atoms with E-state index in [1.54, 1.807) is 30.6 Å². The van der Waals surface area contributed by atoms with Crippen molar-refractivity contribution in [2.45, 2.75) is 6.54 Å². The summed E-state index contributed by atoms with van der Waals surface area (Å²) in [7, 11) is 0. The summed E-state index contributed by atoms with van der Waals surface area (Å²) >= 11 is 0. The Balaban J connectivity index is 1.65. The van der Waals surface area contributed by atoms with Gasteiger partial charge in [-0.25, -0.2) is 9.97 Å². The lowest BCUT2D eigenvalue weighted by molar-refractivity contribution is 0.122. The molecule has 0 bridgehead atoms. The number of hydrogen-bond acceptors (Lipinski definition) is 7. The van der Waals surface area contributed by atoms with E-state index in [1.807, 2.05) is 24.3 Å². The van der Waals surface area contributed by atoms with Crippen LogP contribution in [0.25, 0.3) is 11.4 Å². The highest BCUT2D eigenvalue weighted by atomic mass is 16.5. The molecular weight excluding hydrogens is 342 g/mol. The quantitative estimate of drug-likeness (QED) is 0.721. The second-order valence-corrected chi connectivity index (χ2v) is 6.29. The first-order valence-electron chi connectivity index (χ1n) is 8.92. The maximum absolute atomic E-state index is 9.81. The average Bonchev–Trinajstić information content (AvgIpc) is 2.73. The van der Waals surface area contributed by atoms with E-state index in [9.17, 15) is 5.11 Å². The van der Waals surface area contributed by atoms with Gasteiger partial charge in [0.1, 0.15) is 17.4 Å². The summed E-state index contributed by atoms with van der Waals surface area (Å²) in [5.41, 5.74) is 1.90. The Kier molecular flexibility index (Phi) is 5.11. The van der Waals surface area contributed by atoms with Gasteiger partial charge >= 0.3 is 0 Å². The van der Waals surface area contributed by atoms with Crippen molar-refractivity contribution in [1.82, 2.24) is 15.0 Å².